The van der Waals surface area contributed by atoms with Crippen LogP contribution in [0.25, 0.3) is 0 Å². The molecule has 0 aromatic carbocycles. The number of nitrogens with two attached hydrogens (primary N) is 3. The Morgan fingerprint density at radius 3 is 2.11 bits per heavy atom. The minimum atomic E-state index is -1.33. The zero-order valence-electron chi connectivity index (χ0n) is 14.7. The van der Waals surface area contributed by atoms with Crippen molar-refractivity contribution in [1.82, 2.24) is 16.0 Å². The van der Waals surface area contributed by atoms with Crippen LogP contribution < -0.4 is 33.2 Å². The highest BCUT2D eigenvalue weighted by atomic mass is 32.1. The summed E-state index contributed by atoms with van der Waals surface area (Å²) in [6.07, 6.45) is 0.0901. The molecule has 0 rings (SSSR count). The van der Waals surface area contributed by atoms with E-state index in [0.29, 0.717) is 6.42 Å². The summed E-state index contributed by atoms with van der Waals surface area (Å²) in [6.45, 7) is 0.275. The lowest BCUT2D eigenvalue weighted by atomic mass is 10.1. The zero-order chi connectivity index (χ0) is 21.0. The lowest BCUT2D eigenvalue weighted by molar-refractivity contribution is -0.142. The van der Waals surface area contributed by atoms with Crippen molar-refractivity contribution < 1.29 is 24.3 Å². The Kier molecular flexibility index (Phi) is 11.6. The van der Waals surface area contributed by atoms with Gasteiger partial charge in [-0.05, 0) is 19.3 Å². The topological polar surface area (TPSA) is 227 Å². The summed E-state index contributed by atoms with van der Waals surface area (Å²) in [5, 5.41) is 23.5. The van der Waals surface area contributed by atoms with Crippen LogP contribution in [0.3, 0.4) is 0 Å². The lowest BCUT2D eigenvalue weighted by Crippen LogP contribution is -2.55. The molecule has 154 valence electrons. The van der Waals surface area contributed by atoms with Crippen molar-refractivity contribution in [3.05, 3.63) is 0 Å². The second kappa shape index (κ2) is 12.8. The van der Waals surface area contributed by atoms with Gasteiger partial charge in [0.2, 0.25) is 17.7 Å². The van der Waals surface area contributed by atoms with Gasteiger partial charge in [0.25, 0.3) is 0 Å². The largest absolute Gasteiger partial charge is 0.480 e. The molecule has 0 aromatic heterocycles. The molecule has 0 aliphatic carbocycles. The van der Waals surface area contributed by atoms with Crippen LogP contribution >= 0.6 is 12.6 Å². The SMILES string of the molecule is N=C(N)NCCC[C@H](NC(=O)[C@@H](N)CS)C(=O)N[C@@H](CCC(N)=O)C(=O)O. The van der Waals surface area contributed by atoms with Crippen LogP contribution in [0.5, 0.6) is 0 Å². The highest BCUT2D eigenvalue weighted by Gasteiger charge is 2.27. The Labute approximate surface area is 161 Å². The molecule has 0 aliphatic heterocycles. The summed E-state index contributed by atoms with van der Waals surface area (Å²) in [6, 6.07) is -3.34. The molecular formula is C14H27N7O5S. The maximum absolute atomic E-state index is 12.4. The molecule has 0 heterocycles. The molecule has 27 heavy (non-hydrogen) atoms. The molecule has 0 aliphatic rings. The average Bonchev–Trinajstić information content (AvgIpc) is 2.59. The summed E-state index contributed by atoms with van der Waals surface area (Å²) in [5.41, 5.74) is 15.7. The van der Waals surface area contributed by atoms with Crippen molar-refractivity contribution >= 4 is 42.3 Å². The van der Waals surface area contributed by atoms with E-state index >= 15 is 0 Å². The number of thiol groups is 1. The van der Waals surface area contributed by atoms with Crippen LogP contribution in [-0.4, -0.2) is 65.2 Å². The number of hydrogen-bond donors (Lipinski definition) is 9. The number of nitrogens with one attached hydrogen (secondary N) is 4. The molecule has 0 saturated carbocycles. The van der Waals surface area contributed by atoms with Crippen LogP contribution in [0, 0.1) is 5.41 Å². The van der Waals surface area contributed by atoms with Gasteiger partial charge in [0, 0.05) is 18.7 Å². The summed E-state index contributed by atoms with van der Waals surface area (Å²) >= 11 is 3.91. The number of carboxylic acids is 1. The van der Waals surface area contributed by atoms with E-state index < -0.39 is 41.8 Å². The first-order valence-corrected chi connectivity index (χ1v) is 8.77. The number of guanidine groups is 1. The second-order valence-corrected chi connectivity index (χ2v) is 6.10. The second-order valence-electron chi connectivity index (χ2n) is 5.74. The smallest absolute Gasteiger partial charge is 0.326 e. The van der Waals surface area contributed by atoms with Crippen LogP contribution in [-0.2, 0) is 19.2 Å². The van der Waals surface area contributed by atoms with Gasteiger partial charge in [-0.2, -0.15) is 12.6 Å². The molecule has 3 amide bonds. The van der Waals surface area contributed by atoms with E-state index in [0.717, 1.165) is 0 Å². The van der Waals surface area contributed by atoms with E-state index in [4.69, 9.17) is 27.7 Å². The molecule has 0 unspecified atom stereocenters. The van der Waals surface area contributed by atoms with Crippen molar-refractivity contribution in [2.24, 2.45) is 17.2 Å². The van der Waals surface area contributed by atoms with Gasteiger partial charge in [0.15, 0.2) is 5.96 Å². The quantitative estimate of drug-likeness (QED) is 0.0655. The van der Waals surface area contributed by atoms with E-state index in [9.17, 15) is 19.2 Å². The molecule has 3 atom stereocenters. The first kappa shape index (κ1) is 24.5. The van der Waals surface area contributed by atoms with E-state index in [2.05, 4.69) is 28.6 Å². The normalized spacial score (nSPS) is 13.7. The Bertz CT molecular complexity index is 560. The van der Waals surface area contributed by atoms with Gasteiger partial charge in [-0.15, -0.1) is 0 Å². The van der Waals surface area contributed by atoms with E-state index in [1.807, 2.05) is 0 Å². The number of carboxylic acid groups (broad SMARTS) is 1. The summed E-state index contributed by atoms with van der Waals surface area (Å²) < 4.78 is 0. The number of aliphatic carboxylic acids is 1. The standard InChI is InChI=1S/C14H27N7O5S/c15-7(6-27)11(23)20-8(2-1-5-19-14(17)18)12(24)21-9(13(25)26)3-4-10(16)22/h7-9,27H,1-6,15H2,(H2,16,22)(H,20,23)(H,21,24)(H,25,26)(H4,17,18,19)/t7-,8-,9-/m0/s1. The van der Waals surface area contributed by atoms with Crippen LogP contribution in [0.2, 0.25) is 0 Å². The van der Waals surface area contributed by atoms with Gasteiger partial charge < -0.3 is 38.3 Å². The zero-order valence-corrected chi connectivity index (χ0v) is 15.6. The van der Waals surface area contributed by atoms with Crippen molar-refractivity contribution in [3.63, 3.8) is 0 Å². The van der Waals surface area contributed by atoms with E-state index in [1.54, 1.807) is 0 Å². The molecule has 0 saturated heterocycles. The molecular weight excluding hydrogens is 378 g/mol. The summed E-state index contributed by atoms with van der Waals surface area (Å²) in [7, 11) is 0. The highest BCUT2D eigenvalue weighted by Crippen LogP contribution is 2.03. The van der Waals surface area contributed by atoms with Gasteiger partial charge in [-0.1, -0.05) is 0 Å². The van der Waals surface area contributed by atoms with Gasteiger partial charge in [-0.3, -0.25) is 19.8 Å². The number of amides is 3. The third-order valence-corrected chi connectivity index (χ3v) is 3.84. The minimum absolute atomic E-state index is 0.0580. The van der Waals surface area contributed by atoms with Crippen molar-refractivity contribution in [2.45, 2.75) is 43.8 Å². The first-order valence-electron chi connectivity index (χ1n) is 8.14. The fourth-order valence-corrected chi connectivity index (χ4v) is 2.14. The van der Waals surface area contributed by atoms with E-state index in [1.165, 1.54) is 0 Å². The number of carbonyl (C=O) groups is 4. The molecule has 0 spiro atoms. The Hall–Kier alpha value is -2.54. The third kappa shape index (κ3) is 10.9. The fraction of sp³-hybridized carbons (Fsp3) is 0.643. The number of hydrogen-bond acceptors (Lipinski definition) is 7. The molecule has 12 nitrogen and oxygen atoms in total. The maximum atomic E-state index is 12.4. The van der Waals surface area contributed by atoms with E-state index in [-0.39, 0.29) is 37.5 Å². The highest BCUT2D eigenvalue weighted by molar-refractivity contribution is 7.80. The molecule has 0 aromatic rings. The monoisotopic (exact) mass is 405 g/mol. The van der Waals surface area contributed by atoms with Crippen LogP contribution in [0.1, 0.15) is 25.7 Å². The molecule has 11 N–H and O–H groups in total. The van der Waals surface area contributed by atoms with Gasteiger partial charge in [0.1, 0.15) is 12.1 Å². The number of rotatable bonds is 13. The Balaban J connectivity index is 4.98. The minimum Gasteiger partial charge on any atom is -0.480 e. The fourth-order valence-electron chi connectivity index (χ4n) is 1.98. The Morgan fingerprint density at radius 1 is 1.04 bits per heavy atom. The number of carbonyl (C=O) groups excluding carboxylic acids is 3. The van der Waals surface area contributed by atoms with Crippen molar-refractivity contribution in [2.75, 3.05) is 12.3 Å². The number of primary amides is 1. The van der Waals surface area contributed by atoms with Crippen LogP contribution in [0.15, 0.2) is 0 Å². The summed E-state index contributed by atoms with van der Waals surface area (Å²) in [4.78, 5) is 46.5. The molecule has 13 heteroatoms. The maximum Gasteiger partial charge on any atom is 0.326 e. The predicted molar refractivity (Wildman–Crippen MR) is 101 cm³/mol. The first-order chi connectivity index (χ1) is 12.6. The van der Waals surface area contributed by atoms with Crippen molar-refractivity contribution in [1.29, 1.82) is 5.41 Å². The molecule has 0 radical (unpaired) electrons. The average molecular weight is 405 g/mol. The molecule has 0 bridgehead atoms. The lowest BCUT2D eigenvalue weighted by Gasteiger charge is -2.22. The predicted octanol–water partition coefficient (Wildman–Crippen LogP) is -3.17. The van der Waals surface area contributed by atoms with Gasteiger partial charge in [0.05, 0.1) is 6.04 Å². The van der Waals surface area contributed by atoms with Gasteiger partial charge in [-0.25, -0.2) is 4.79 Å². The molecule has 0 fully saturated rings. The summed E-state index contributed by atoms with van der Waals surface area (Å²) in [5.74, 6) is -3.57. The Morgan fingerprint density at radius 2 is 1.63 bits per heavy atom. The van der Waals surface area contributed by atoms with Gasteiger partial charge >= 0.3 is 5.97 Å². The van der Waals surface area contributed by atoms with Crippen molar-refractivity contribution in [3.8, 4) is 0 Å². The third-order valence-electron chi connectivity index (χ3n) is 3.45. The van der Waals surface area contributed by atoms with Crippen LogP contribution in [0.4, 0.5) is 0 Å².